The number of carbonyl (C=O) groups is 1. The molecule has 0 saturated carbocycles. The SMILES string of the molecule is CCNC(=O)c1cnn(-c2cccc(Cl)c2)c1-c1ccncc1. The van der Waals surface area contributed by atoms with Crippen molar-refractivity contribution >= 4 is 17.5 Å². The van der Waals surface area contributed by atoms with Gasteiger partial charge in [-0.2, -0.15) is 5.10 Å². The van der Waals surface area contributed by atoms with Crippen LogP contribution in [0.3, 0.4) is 0 Å². The van der Waals surface area contributed by atoms with Gasteiger partial charge in [0.15, 0.2) is 0 Å². The molecule has 1 N–H and O–H groups in total. The van der Waals surface area contributed by atoms with Crippen molar-refractivity contribution in [2.45, 2.75) is 6.92 Å². The molecular formula is C17H15ClN4O. The van der Waals surface area contributed by atoms with Crippen LogP contribution in [0.1, 0.15) is 17.3 Å². The number of amides is 1. The molecule has 0 fully saturated rings. The number of hydrogen-bond donors (Lipinski definition) is 1. The Labute approximate surface area is 138 Å². The largest absolute Gasteiger partial charge is 0.352 e. The van der Waals surface area contributed by atoms with E-state index in [1.165, 1.54) is 0 Å². The molecule has 5 nitrogen and oxygen atoms in total. The summed E-state index contributed by atoms with van der Waals surface area (Å²) in [5.41, 5.74) is 2.87. The third kappa shape index (κ3) is 3.10. The molecule has 6 heteroatoms. The second-order valence-electron chi connectivity index (χ2n) is 4.89. The fraction of sp³-hybridized carbons (Fsp3) is 0.118. The molecule has 2 aromatic heterocycles. The molecule has 0 aliphatic carbocycles. The molecule has 1 aromatic carbocycles. The van der Waals surface area contributed by atoms with E-state index in [1.807, 2.05) is 31.2 Å². The summed E-state index contributed by atoms with van der Waals surface area (Å²) in [5.74, 6) is -0.160. The van der Waals surface area contributed by atoms with Crippen LogP contribution in [-0.4, -0.2) is 27.2 Å². The van der Waals surface area contributed by atoms with Crippen molar-refractivity contribution in [2.75, 3.05) is 6.54 Å². The number of nitrogens with zero attached hydrogens (tertiary/aromatic N) is 3. The average Bonchev–Trinajstić information content (AvgIpc) is 3.01. The Morgan fingerprint density at radius 2 is 2.04 bits per heavy atom. The molecule has 0 unspecified atom stereocenters. The first kappa shape index (κ1) is 15.2. The smallest absolute Gasteiger partial charge is 0.255 e. The summed E-state index contributed by atoms with van der Waals surface area (Å²) >= 11 is 6.08. The number of pyridine rings is 1. The standard InChI is InChI=1S/C17H15ClN4O/c1-2-20-17(23)15-11-21-22(14-5-3-4-13(18)10-14)16(15)12-6-8-19-9-7-12/h3-11H,2H2,1H3,(H,20,23). The highest BCUT2D eigenvalue weighted by Crippen LogP contribution is 2.27. The zero-order chi connectivity index (χ0) is 16.2. The first-order valence-electron chi connectivity index (χ1n) is 7.23. The number of rotatable bonds is 4. The van der Waals surface area contributed by atoms with Gasteiger partial charge in [0.25, 0.3) is 5.91 Å². The van der Waals surface area contributed by atoms with Crippen LogP contribution in [0.4, 0.5) is 0 Å². The second-order valence-corrected chi connectivity index (χ2v) is 5.33. The predicted octanol–water partition coefficient (Wildman–Crippen LogP) is 3.34. The van der Waals surface area contributed by atoms with Crippen LogP contribution in [0.15, 0.2) is 55.0 Å². The minimum Gasteiger partial charge on any atom is -0.352 e. The summed E-state index contributed by atoms with van der Waals surface area (Å²) in [5, 5.41) is 7.81. The van der Waals surface area contributed by atoms with E-state index in [-0.39, 0.29) is 5.91 Å². The van der Waals surface area contributed by atoms with Gasteiger partial charge in [0.2, 0.25) is 0 Å². The lowest BCUT2D eigenvalue weighted by Gasteiger charge is -2.10. The highest BCUT2D eigenvalue weighted by Gasteiger charge is 2.19. The van der Waals surface area contributed by atoms with E-state index in [1.54, 1.807) is 35.4 Å². The zero-order valence-corrected chi connectivity index (χ0v) is 13.3. The molecule has 0 atom stereocenters. The lowest BCUT2D eigenvalue weighted by Crippen LogP contribution is -2.23. The van der Waals surface area contributed by atoms with Crippen LogP contribution >= 0.6 is 11.6 Å². The maximum atomic E-state index is 12.3. The molecule has 0 aliphatic rings. The van der Waals surface area contributed by atoms with Gasteiger partial charge in [0, 0.05) is 29.5 Å². The van der Waals surface area contributed by atoms with E-state index in [4.69, 9.17) is 11.6 Å². The molecule has 23 heavy (non-hydrogen) atoms. The first-order chi connectivity index (χ1) is 11.2. The van der Waals surface area contributed by atoms with E-state index < -0.39 is 0 Å². The van der Waals surface area contributed by atoms with Crippen molar-refractivity contribution in [3.8, 4) is 16.9 Å². The summed E-state index contributed by atoms with van der Waals surface area (Å²) < 4.78 is 1.71. The lowest BCUT2D eigenvalue weighted by atomic mass is 10.1. The van der Waals surface area contributed by atoms with E-state index in [2.05, 4.69) is 15.4 Å². The van der Waals surface area contributed by atoms with Gasteiger partial charge in [0.05, 0.1) is 23.1 Å². The third-order valence-electron chi connectivity index (χ3n) is 3.36. The van der Waals surface area contributed by atoms with E-state index in [0.29, 0.717) is 22.8 Å². The van der Waals surface area contributed by atoms with Gasteiger partial charge in [-0.25, -0.2) is 4.68 Å². The van der Waals surface area contributed by atoms with Crippen LogP contribution < -0.4 is 5.32 Å². The van der Waals surface area contributed by atoms with Crippen molar-refractivity contribution in [3.63, 3.8) is 0 Å². The number of benzene rings is 1. The van der Waals surface area contributed by atoms with Crippen LogP contribution in [0.2, 0.25) is 5.02 Å². The Balaban J connectivity index is 2.19. The fourth-order valence-electron chi connectivity index (χ4n) is 2.36. The van der Waals surface area contributed by atoms with Crippen LogP contribution in [0.25, 0.3) is 16.9 Å². The Morgan fingerprint density at radius 3 is 2.74 bits per heavy atom. The molecular weight excluding hydrogens is 312 g/mol. The highest BCUT2D eigenvalue weighted by molar-refractivity contribution is 6.30. The van der Waals surface area contributed by atoms with E-state index in [0.717, 1.165) is 11.3 Å². The molecule has 0 radical (unpaired) electrons. The van der Waals surface area contributed by atoms with Crippen molar-refractivity contribution in [3.05, 3.63) is 65.6 Å². The van der Waals surface area contributed by atoms with Gasteiger partial charge < -0.3 is 5.32 Å². The van der Waals surface area contributed by atoms with Gasteiger partial charge >= 0.3 is 0 Å². The molecule has 3 aromatic rings. The molecule has 1 amide bonds. The van der Waals surface area contributed by atoms with Gasteiger partial charge in [-0.3, -0.25) is 9.78 Å². The zero-order valence-electron chi connectivity index (χ0n) is 12.5. The van der Waals surface area contributed by atoms with E-state index >= 15 is 0 Å². The summed E-state index contributed by atoms with van der Waals surface area (Å²) in [6, 6.07) is 11.0. The Kier molecular flexibility index (Phi) is 4.39. The van der Waals surface area contributed by atoms with Crippen LogP contribution in [-0.2, 0) is 0 Å². The number of halogens is 1. The molecule has 0 bridgehead atoms. The average molecular weight is 327 g/mol. The summed E-state index contributed by atoms with van der Waals surface area (Å²) in [4.78, 5) is 16.4. The minimum absolute atomic E-state index is 0.160. The Morgan fingerprint density at radius 1 is 1.26 bits per heavy atom. The van der Waals surface area contributed by atoms with Crippen LogP contribution in [0.5, 0.6) is 0 Å². The minimum atomic E-state index is -0.160. The van der Waals surface area contributed by atoms with E-state index in [9.17, 15) is 4.79 Å². The van der Waals surface area contributed by atoms with Gasteiger partial charge in [-0.1, -0.05) is 17.7 Å². The monoisotopic (exact) mass is 326 g/mol. The lowest BCUT2D eigenvalue weighted by molar-refractivity contribution is 0.0956. The quantitative estimate of drug-likeness (QED) is 0.800. The van der Waals surface area contributed by atoms with Crippen molar-refractivity contribution < 1.29 is 4.79 Å². The highest BCUT2D eigenvalue weighted by atomic mass is 35.5. The molecule has 116 valence electrons. The predicted molar refractivity (Wildman–Crippen MR) is 89.8 cm³/mol. The molecule has 0 saturated heterocycles. The van der Waals surface area contributed by atoms with Gasteiger partial charge in [0.1, 0.15) is 0 Å². The van der Waals surface area contributed by atoms with Crippen LogP contribution in [0, 0.1) is 0 Å². The summed E-state index contributed by atoms with van der Waals surface area (Å²) in [7, 11) is 0. The Hall–Kier alpha value is -2.66. The summed E-state index contributed by atoms with van der Waals surface area (Å²) in [6.07, 6.45) is 4.94. The topological polar surface area (TPSA) is 59.8 Å². The third-order valence-corrected chi connectivity index (χ3v) is 3.59. The first-order valence-corrected chi connectivity index (χ1v) is 7.61. The number of nitrogens with one attached hydrogen (secondary N) is 1. The Bertz CT molecular complexity index is 830. The maximum absolute atomic E-state index is 12.3. The van der Waals surface area contributed by atoms with Gasteiger partial charge in [-0.05, 0) is 37.3 Å². The summed E-state index contributed by atoms with van der Waals surface area (Å²) in [6.45, 7) is 2.43. The number of hydrogen-bond acceptors (Lipinski definition) is 3. The molecule has 0 spiro atoms. The molecule has 2 heterocycles. The van der Waals surface area contributed by atoms with Crippen molar-refractivity contribution in [1.29, 1.82) is 0 Å². The fourth-order valence-corrected chi connectivity index (χ4v) is 2.55. The normalized spacial score (nSPS) is 10.5. The van der Waals surface area contributed by atoms with Gasteiger partial charge in [-0.15, -0.1) is 0 Å². The number of aromatic nitrogens is 3. The molecule has 3 rings (SSSR count). The van der Waals surface area contributed by atoms with Crippen molar-refractivity contribution in [2.24, 2.45) is 0 Å². The number of carbonyl (C=O) groups excluding carboxylic acids is 1. The van der Waals surface area contributed by atoms with Crippen molar-refractivity contribution in [1.82, 2.24) is 20.1 Å². The maximum Gasteiger partial charge on any atom is 0.255 e. The second kappa shape index (κ2) is 6.62. The molecule has 0 aliphatic heterocycles.